The first kappa shape index (κ1) is 18.8. The number of imidazole rings is 1. The molecule has 5 rings (SSSR count). The van der Waals surface area contributed by atoms with Gasteiger partial charge in [-0.2, -0.15) is 0 Å². The highest BCUT2D eigenvalue weighted by Crippen LogP contribution is 2.30. The molecular formula is C22H18N4O2S2. The molecule has 2 aromatic carbocycles. The van der Waals surface area contributed by atoms with Crippen LogP contribution in [-0.2, 0) is 0 Å². The molecular weight excluding hydrogens is 416 g/mol. The van der Waals surface area contributed by atoms with Gasteiger partial charge in [0.1, 0.15) is 10.6 Å². The highest BCUT2D eigenvalue weighted by molar-refractivity contribution is 7.22. The van der Waals surface area contributed by atoms with Crippen LogP contribution in [0.3, 0.4) is 0 Å². The molecule has 30 heavy (non-hydrogen) atoms. The van der Waals surface area contributed by atoms with E-state index in [-0.39, 0.29) is 5.91 Å². The van der Waals surface area contributed by atoms with Crippen molar-refractivity contribution in [1.29, 1.82) is 0 Å². The molecule has 3 aromatic heterocycles. The Balaban J connectivity index is 1.42. The number of methoxy groups -OCH3 is 1. The summed E-state index contributed by atoms with van der Waals surface area (Å²) in [6, 6.07) is 13.8. The van der Waals surface area contributed by atoms with E-state index in [1.807, 2.05) is 60.8 Å². The summed E-state index contributed by atoms with van der Waals surface area (Å²) in [6.07, 6.45) is 1.96. The van der Waals surface area contributed by atoms with Crippen molar-refractivity contribution in [2.45, 2.75) is 13.8 Å². The van der Waals surface area contributed by atoms with Gasteiger partial charge in [-0.25, -0.2) is 9.97 Å². The second-order valence-corrected chi connectivity index (χ2v) is 8.98. The highest BCUT2D eigenvalue weighted by atomic mass is 32.1. The smallest absolute Gasteiger partial charge is 0.269 e. The van der Waals surface area contributed by atoms with E-state index < -0.39 is 0 Å². The summed E-state index contributed by atoms with van der Waals surface area (Å²) in [4.78, 5) is 23.5. The molecule has 0 radical (unpaired) electrons. The monoisotopic (exact) mass is 434 g/mol. The maximum atomic E-state index is 12.9. The standard InChI is InChI=1S/C22H18N4O2S2/c1-12-4-9-16-18(10-12)29-21(23-16)25-20(27)19-13(2)26-11-17(24-22(26)30-19)14-5-7-15(28-3)8-6-14/h4-11H,1-3H3,(H,23,25,27). The van der Waals surface area contributed by atoms with E-state index in [2.05, 4.69) is 16.4 Å². The van der Waals surface area contributed by atoms with Crippen LogP contribution in [0.4, 0.5) is 5.13 Å². The lowest BCUT2D eigenvalue weighted by molar-refractivity contribution is 0.102. The van der Waals surface area contributed by atoms with Gasteiger partial charge in [0.15, 0.2) is 10.1 Å². The zero-order valence-electron chi connectivity index (χ0n) is 16.6. The van der Waals surface area contributed by atoms with Gasteiger partial charge in [-0.15, -0.1) is 0 Å². The molecule has 1 N–H and O–H groups in total. The summed E-state index contributed by atoms with van der Waals surface area (Å²) >= 11 is 2.86. The predicted octanol–water partition coefficient (Wildman–Crippen LogP) is 5.55. The van der Waals surface area contributed by atoms with Crippen LogP contribution in [0.1, 0.15) is 20.9 Å². The lowest BCUT2D eigenvalue weighted by Gasteiger charge is -2.01. The number of carbonyl (C=O) groups excluding carboxylic acids is 1. The summed E-state index contributed by atoms with van der Waals surface area (Å²) in [6.45, 7) is 3.97. The zero-order valence-corrected chi connectivity index (χ0v) is 18.2. The van der Waals surface area contributed by atoms with Crippen molar-refractivity contribution in [3.8, 4) is 17.0 Å². The van der Waals surface area contributed by atoms with Crippen LogP contribution in [0.15, 0.2) is 48.7 Å². The largest absolute Gasteiger partial charge is 0.497 e. The fourth-order valence-electron chi connectivity index (χ4n) is 3.30. The normalized spacial score (nSPS) is 11.3. The van der Waals surface area contributed by atoms with E-state index >= 15 is 0 Å². The SMILES string of the molecule is COc1ccc(-c2cn3c(C)c(C(=O)Nc4nc5ccc(C)cc5s4)sc3n2)cc1. The van der Waals surface area contributed by atoms with Crippen LogP contribution in [0.2, 0.25) is 0 Å². The van der Waals surface area contributed by atoms with Crippen molar-refractivity contribution in [2.24, 2.45) is 0 Å². The number of hydrogen-bond acceptors (Lipinski definition) is 6. The average molecular weight is 435 g/mol. The first-order chi connectivity index (χ1) is 14.5. The maximum absolute atomic E-state index is 12.9. The lowest BCUT2D eigenvalue weighted by atomic mass is 10.2. The number of hydrogen-bond donors (Lipinski definition) is 1. The second kappa shape index (κ2) is 7.23. The van der Waals surface area contributed by atoms with Gasteiger partial charge in [0.05, 0.1) is 23.0 Å². The predicted molar refractivity (Wildman–Crippen MR) is 122 cm³/mol. The number of thiazole rings is 2. The van der Waals surface area contributed by atoms with Gasteiger partial charge in [-0.05, 0) is 55.8 Å². The van der Waals surface area contributed by atoms with Gasteiger partial charge in [-0.1, -0.05) is 28.7 Å². The third kappa shape index (κ3) is 3.24. The molecule has 6 nitrogen and oxygen atoms in total. The number of aromatic nitrogens is 3. The van der Waals surface area contributed by atoms with E-state index in [0.29, 0.717) is 10.0 Å². The molecule has 8 heteroatoms. The zero-order chi connectivity index (χ0) is 20.8. The Hall–Kier alpha value is -3.23. The number of rotatable bonds is 4. The molecule has 0 bridgehead atoms. The number of nitrogens with zero attached hydrogens (tertiary/aromatic N) is 3. The Bertz CT molecular complexity index is 1400. The minimum absolute atomic E-state index is 0.162. The topological polar surface area (TPSA) is 68.5 Å². The van der Waals surface area contributed by atoms with Crippen molar-refractivity contribution in [1.82, 2.24) is 14.4 Å². The lowest BCUT2D eigenvalue weighted by Crippen LogP contribution is -2.11. The summed E-state index contributed by atoms with van der Waals surface area (Å²) in [7, 11) is 1.65. The maximum Gasteiger partial charge on any atom is 0.269 e. The molecule has 5 aromatic rings. The Morgan fingerprint density at radius 1 is 1.07 bits per heavy atom. The first-order valence-electron chi connectivity index (χ1n) is 9.33. The summed E-state index contributed by atoms with van der Waals surface area (Å²) in [5.41, 5.74) is 4.79. The number of aryl methyl sites for hydroxylation is 2. The van der Waals surface area contributed by atoms with Crippen molar-refractivity contribution in [3.05, 3.63) is 64.8 Å². The number of fused-ring (bicyclic) bond motifs is 2. The van der Waals surface area contributed by atoms with Crippen molar-refractivity contribution < 1.29 is 9.53 Å². The molecule has 0 saturated carbocycles. The molecule has 3 heterocycles. The van der Waals surface area contributed by atoms with Crippen molar-refractivity contribution in [2.75, 3.05) is 12.4 Å². The minimum atomic E-state index is -0.162. The Morgan fingerprint density at radius 2 is 1.87 bits per heavy atom. The van der Waals surface area contributed by atoms with Crippen molar-refractivity contribution >= 4 is 48.9 Å². The molecule has 0 aliphatic carbocycles. The summed E-state index contributed by atoms with van der Waals surface area (Å²) in [5.74, 6) is 0.643. The molecule has 1 amide bonds. The number of amides is 1. The quantitative estimate of drug-likeness (QED) is 0.403. The van der Waals surface area contributed by atoms with Crippen molar-refractivity contribution in [3.63, 3.8) is 0 Å². The molecule has 0 fully saturated rings. The molecule has 0 atom stereocenters. The van der Waals surface area contributed by atoms with E-state index in [1.165, 1.54) is 28.2 Å². The van der Waals surface area contributed by atoms with E-state index in [4.69, 9.17) is 9.72 Å². The number of benzene rings is 2. The fraction of sp³-hybridized carbons (Fsp3) is 0.136. The molecule has 0 aliphatic rings. The van der Waals surface area contributed by atoms with Gasteiger partial charge in [0, 0.05) is 17.5 Å². The van der Waals surface area contributed by atoms with E-state index in [1.54, 1.807) is 7.11 Å². The fourth-order valence-corrected chi connectivity index (χ4v) is 5.26. The Kier molecular flexibility index (Phi) is 4.52. The molecule has 0 aliphatic heterocycles. The molecule has 0 unspecified atom stereocenters. The summed E-state index contributed by atoms with van der Waals surface area (Å²) in [5, 5.41) is 3.54. The minimum Gasteiger partial charge on any atom is -0.497 e. The van der Waals surface area contributed by atoms with Gasteiger partial charge in [-0.3, -0.25) is 14.5 Å². The average Bonchev–Trinajstić information content (AvgIpc) is 3.41. The van der Waals surface area contributed by atoms with E-state index in [0.717, 1.165) is 37.9 Å². The Labute approximate surface area is 180 Å². The van der Waals surface area contributed by atoms with Crippen LogP contribution < -0.4 is 10.1 Å². The summed E-state index contributed by atoms with van der Waals surface area (Å²) < 4.78 is 8.23. The van der Waals surface area contributed by atoms with Crippen LogP contribution in [-0.4, -0.2) is 27.4 Å². The highest BCUT2D eigenvalue weighted by Gasteiger charge is 2.19. The van der Waals surface area contributed by atoms with Gasteiger partial charge in [0.25, 0.3) is 5.91 Å². The van der Waals surface area contributed by atoms with Crippen LogP contribution in [0.25, 0.3) is 26.4 Å². The number of ether oxygens (including phenoxy) is 1. The number of nitrogens with one attached hydrogen (secondary N) is 1. The van der Waals surface area contributed by atoms with Gasteiger partial charge < -0.3 is 4.74 Å². The molecule has 0 spiro atoms. The van der Waals surface area contributed by atoms with Crippen LogP contribution >= 0.6 is 22.7 Å². The molecule has 150 valence electrons. The van der Waals surface area contributed by atoms with Gasteiger partial charge in [0.2, 0.25) is 0 Å². The molecule has 0 saturated heterocycles. The second-order valence-electron chi connectivity index (χ2n) is 6.97. The van der Waals surface area contributed by atoms with Gasteiger partial charge >= 0.3 is 0 Å². The number of carbonyl (C=O) groups is 1. The van der Waals surface area contributed by atoms with Crippen LogP contribution in [0, 0.1) is 13.8 Å². The first-order valence-corrected chi connectivity index (χ1v) is 11.0. The Morgan fingerprint density at radius 3 is 2.60 bits per heavy atom. The van der Waals surface area contributed by atoms with Crippen LogP contribution in [0.5, 0.6) is 5.75 Å². The van der Waals surface area contributed by atoms with E-state index in [9.17, 15) is 4.79 Å². The third-order valence-corrected chi connectivity index (χ3v) is 7.00. The third-order valence-electron chi connectivity index (χ3n) is 4.91. The number of anilines is 1.